The van der Waals surface area contributed by atoms with E-state index in [0.717, 1.165) is 31.4 Å². The number of carbonyl (C=O) groups is 3. The standard InChI is InChI=1S/C29H32F4N2O10S/c1-28(27(40)41)8-6-15(7-9-28)45-22-12-17(21(44-2)13-19(22)30)25(38)35-23-18(11-20(36)24(23)37)26(39)34-14-4-3-5-16(10-14)46(42,43)29(31,32)33/h3-5,10,12-13,15,18,20,23-24,36-37H,6-9,11H2,1-2H3,(H,34,39)(H,35,38)(H,40,41)/t15?,18?,20?,23-,24?,28?/m0/s1. The first kappa shape index (κ1) is 34.9. The van der Waals surface area contributed by atoms with E-state index in [1.54, 1.807) is 6.92 Å². The highest BCUT2D eigenvalue weighted by Crippen LogP contribution is 2.39. The molecule has 0 heterocycles. The second-order valence-corrected chi connectivity index (χ2v) is 13.5. The number of carbonyl (C=O) groups excluding carboxylic acids is 2. The Bertz CT molecular complexity index is 1610. The maximum atomic E-state index is 14.9. The third-order valence-electron chi connectivity index (χ3n) is 8.39. The van der Waals surface area contributed by atoms with E-state index in [1.165, 1.54) is 0 Å². The van der Waals surface area contributed by atoms with Crippen molar-refractivity contribution in [2.24, 2.45) is 11.3 Å². The van der Waals surface area contributed by atoms with Crippen molar-refractivity contribution < 1.29 is 65.2 Å². The summed E-state index contributed by atoms with van der Waals surface area (Å²) in [7, 11) is -4.56. The highest BCUT2D eigenvalue weighted by Gasteiger charge is 2.48. The van der Waals surface area contributed by atoms with E-state index < -0.39 is 79.5 Å². The lowest BCUT2D eigenvalue weighted by Crippen LogP contribution is -2.48. The number of amides is 2. The molecule has 0 bridgehead atoms. The topological polar surface area (TPSA) is 189 Å². The van der Waals surface area contributed by atoms with E-state index in [0.29, 0.717) is 25.0 Å². The lowest BCUT2D eigenvalue weighted by Gasteiger charge is -2.34. The molecule has 0 saturated heterocycles. The molecule has 17 heteroatoms. The fraction of sp³-hybridized carbons (Fsp3) is 0.483. The molecule has 2 aliphatic carbocycles. The number of hydrogen-bond acceptors (Lipinski definition) is 9. The van der Waals surface area contributed by atoms with Gasteiger partial charge in [-0.25, -0.2) is 12.8 Å². The van der Waals surface area contributed by atoms with Gasteiger partial charge in [0.15, 0.2) is 11.6 Å². The maximum absolute atomic E-state index is 14.9. The van der Waals surface area contributed by atoms with Crippen LogP contribution >= 0.6 is 0 Å². The van der Waals surface area contributed by atoms with Crippen molar-refractivity contribution in [3.8, 4) is 11.5 Å². The van der Waals surface area contributed by atoms with Gasteiger partial charge in [0.05, 0.1) is 47.2 Å². The van der Waals surface area contributed by atoms with Gasteiger partial charge in [-0.2, -0.15) is 13.2 Å². The molecule has 2 aromatic rings. The van der Waals surface area contributed by atoms with Crippen molar-refractivity contribution in [1.29, 1.82) is 0 Å². The Morgan fingerprint density at radius 2 is 1.70 bits per heavy atom. The first-order valence-electron chi connectivity index (χ1n) is 14.0. The van der Waals surface area contributed by atoms with E-state index >= 15 is 0 Å². The Morgan fingerprint density at radius 1 is 1.04 bits per heavy atom. The summed E-state index contributed by atoms with van der Waals surface area (Å²) in [4.78, 5) is 36.9. The molecule has 5 N–H and O–H groups in total. The number of halogens is 4. The van der Waals surface area contributed by atoms with Crippen LogP contribution in [0.15, 0.2) is 41.3 Å². The van der Waals surface area contributed by atoms with E-state index in [4.69, 9.17) is 9.47 Å². The molecule has 252 valence electrons. The summed E-state index contributed by atoms with van der Waals surface area (Å²) < 4.78 is 88.4. The molecule has 2 saturated carbocycles. The molecule has 0 spiro atoms. The van der Waals surface area contributed by atoms with Crippen molar-refractivity contribution in [2.45, 2.75) is 73.8 Å². The minimum Gasteiger partial charge on any atom is -0.496 e. The van der Waals surface area contributed by atoms with Crippen LogP contribution in [0.25, 0.3) is 0 Å². The Hall–Kier alpha value is -3.96. The van der Waals surface area contributed by atoms with Crippen LogP contribution in [0.2, 0.25) is 0 Å². The summed E-state index contributed by atoms with van der Waals surface area (Å²) in [5.41, 5.74) is -7.12. The summed E-state index contributed by atoms with van der Waals surface area (Å²) in [6.45, 7) is 1.61. The summed E-state index contributed by atoms with van der Waals surface area (Å²) in [6, 6.07) is 3.88. The number of aliphatic hydroxyl groups is 2. The van der Waals surface area contributed by atoms with E-state index in [1.807, 2.05) is 0 Å². The van der Waals surface area contributed by atoms with Gasteiger partial charge in [0.1, 0.15) is 11.9 Å². The lowest BCUT2D eigenvalue weighted by atomic mass is 9.75. The molecule has 12 nitrogen and oxygen atoms in total. The quantitative estimate of drug-likeness (QED) is 0.247. The largest absolute Gasteiger partial charge is 0.501 e. The van der Waals surface area contributed by atoms with Crippen molar-refractivity contribution in [3.05, 3.63) is 47.8 Å². The van der Waals surface area contributed by atoms with Gasteiger partial charge in [-0.15, -0.1) is 0 Å². The Labute approximate surface area is 260 Å². The molecule has 46 heavy (non-hydrogen) atoms. The third kappa shape index (κ3) is 7.05. The molecule has 4 atom stereocenters. The zero-order valence-corrected chi connectivity index (χ0v) is 25.3. The minimum atomic E-state index is -5.72. The smallest absolute Gasteiger partial charge is 0.496 e. The number of sulfone groups is 1. The second-order valence-electron chi connectivity index (χ2n) is 11.5. The Balaban J connectivity index is 1.52. The van der Waals surface area contributed by atoms with Crippen molar-refractivity contribution in [3.63, 3.8) is 0 Å². The van der Waals surface area contributed by atoms with Crippen LogP contribution in [0, 0.1) is 17.2 Å². The molecule has 2 aliphatic rings. The van der Waals surface area contributed by atoms with Gasteiger partial charge in [0.25, 0.3) is 15.7 Å². The number of hydrogen-bond donors (Lipinski definition) is 5. The lowest BCUT2D eigenvalue weighted by molar-refractivity contribution is -0.150. The number of ether oxygens (including phenoxy) is 2. The van der Waals surface area contributed by atoms with Crippen molar-refractivity contribution >= 4 is 33.3 Å². The molecule has 0 radical (unpaired) electrons. The second kappa shape index (κ2) is 13.0. The van der Waals surface area contributed by atoms with E-state index in [-0.39, 0.29) is 42.0 Å². The van der Waals surface area contributed by atoms with Gasteiger partial charge in [0, 0.05) is 11.8 Å². The summed E-state index contributed by atoms with van der Waals surface area (Å²) >= 11 is 0. The van der Waals surface area contributed by atoms with Crippen LogP contribution in [0.5, 0.6) is 11.5 Å². The normalized spacial score (nSPS) is 26.7. The Morgan fingerprint density at radius 3 is 2.28 bits per heavy atom. The van der Waals surface area contributed by atoms with Gasteiger partial charge in [-0.3, -0.25) is 14.4 Å². The van der Waals surface area contributed by atoms with Gasteiger partial charge < -0.3 is 35.4 Å². The number of anilines is 1. The predicted molar refractivity (Wildman–Crippen MR) is 151 cm³/mol. The molecule has 2 fully saturated rings. The molecule has 3 unspecified atom stereocenters. The zero-order chi connectivity index (χ0) is 34.2. The number of nitrogens with one attached hydrogen (secondary N) is 2. The van der Waals surface area contributed by atoms with Crippen LogP contribution in [0.3, 0.4) is 0 Å². The maximum Gasteiger partial charge on any atom is 0.501 e. The van der Waals surface area contributed by atoms with E-state index in [9.17, 15) is 55.7 Å². The minimum absolute atomic E-state index is 0.235. The fourth-order valence-corrected chi connectivity index (χ4v) is 6.34. The van der Waals surface area contributed by atoms with Crippen LogP contribution in [-0.4, -0.2) is 78.5 Å². The van der Waals surface area contributed by atoms with Crippen LogP contribution in [0.4, 0.5) is 23.2 Å². The van der Waals surface area contributed by atoms with Gasteiger partial charge in [-0.1, -0.05) is 6.07 Å². The predicted octanol–water partition coefficient (Wildman–Crippen LogP) is 3.02. The molecular formula is C29H32F4N2O10S. The number of carboxylic acid groups (broad SMARTS) is 1. The van der Waals surface area contributed by atoms with Crippen LogP contribution in [-0.2, 0) is 19.4 Å². The average Bonchev–Trinajstić information content (AvgIpc) is 3.27. The number of carboxylic acids is 1. The van der Waals surface area contributed by atoms with Gasteiger partial charge in [0.2, 0.25) is 5.91 Å². The summed E-state index contributed by atoms with van der Waals surface area (Å²) in [5.74, 6) is -5.64. The molecule has 4 rings (SSSR count). The average molecular weight is 677 g/mol. The molecular weight excluding hydrogens is 644 g/mol. The van der Waals surface area contributed by atoms with Crippen molar-refractivity contribution in [2.75, 3.05) is 12.4 Å². The molecule has 0 aromatic heterocycles. The highest BCUT2D eigenvalue weighted by molar-refractivity contribution is 7.92. The SMILES string of the molecule is COc1cc(F)c(OC2CCC(C)(C(=O)O)CC2)cc1C(=O)N[C@H]1C(C(=O)Nc2cccc(S(=O)(=O)C(F)(F)F)c2)CC(O)C1O. The number of alkyl halides is 3. The molecule has 2 amide bonds. The number of benzene rings is 2. The fourth-order valence-electron chi connectivity index (χ4n) is 5.53. The Kier molecular flexibility index (Phi) is 9.89. The number of aliphatic carboxylic acids is 1. The van der Waals surface area contributed by atoms with Crippen molar-refractivity contribution in [1.82, 2.24) is 5.32 Å². The zero-order valence-electron chi connectivity index (χ0n) is 24.5. The van der Waals surface area contributed by atoms with Crippen LogP contribution < -0.4 is 20.1 Å². The van der Waals surface area contributed by atoms with Crippen LogP contribution in [0.1, 0.15) is 49.4 Å². The first-order chi connectivity index (χ1) is 21.4. The number of methoxy groups -OCH3 is 1. The first-order valence-corrected chi connectivity index (χ1v) is 15.5. The van der Waals surface area contributed by atoms with Gasteiger partial charge >= 0.3 is 11.5 Å². The summed E-state index contributed by atoms with van der Waals surface area (Å²) in [5, 5.41) is 35.0. The molecule has 0 aliphatic heterocycles. The highest BCUT2D eigenvalue weighted by atomic mass is 32.2. The number of aliphatic hydroxyl groups excluding tert-OH is 2. The third-order valence-corrected chi connectivity index (χ3v) is 9.87. The number of rotatable bonds is 9. The summed E-state index contributed by atoms with van der Waals surface area (Å²) in [6.07, 6.45) is -2.93. The van der Waals surface area contributed by atoms with E-state index in [2.05, 4.69) is 10.6 Å². The monoisotopic (exact) mass is 676 g/mol. The molecule has 2 aromatic carbocycles. The van der Waals surface area contributed by atoms with Gasteiger partial charge in [-0.05, 0) is 63.3 Å².